The number of hydrogen-bond acceptors (Lipinski definition) is 5. The Morgan fingerprint density at radius 3 is 2.96 bits per heavy atom. The van der Waals surface area contributed by atoms with Gasteiger partial charge in [-0.3, -0.25) is 9.78 Å². The third kappa shape index (κ3) is 4.07. The molecule has 3 atom stereocenters. The van der Waals surface area contributed by atoms with Gasteiger partial charge < -0.3 is 19.1 Å². The van der Waals surface area contributed by atoms with Crippen LogP contribution in [0.2, 0.25) is 0 Å². The maximum absolute atomic E-state index is 12.0. The molecule has 0 aliphatic carbocycles. The van der Waals surface area contributed by atoms with Crippen LogP contribution in [-0.2, 0) is 25.6 Å². The minimum absolute atomic E-state index is 0.0657. The van der Waals surface area contributed by atoms with E-state index in [-0.39, 0.29) is 30.8 Å². The van der Waals surface area contributed by atoms with Crippen molar-refractivity contribution in [2.75, 3.05) is 26.9 Å². The van der Waals surface area contributed by atoms with Crippen molar-refractivity contribution >= 4 is 5.91 Å². The zero-order chi connectivity index (χ0) is 16.1. The van der Waals surface area contributed by atoms with Gasteiger partial charge in [-0.2, -0.15) is 0 Å². The molecule has 0 spiro atoms. The predicted molar refractivity (Wildman–Crippen MR) is 83.8 cm³/mol. The highest BCUT2D eigenvalue weighted by Crippen LogP contribution is 2.31. The molecule has 0 radical (unpaired) electrons. The third-order valence-corrected chi connectivity index (χ3v) is 4.55. The van der Waals surface area contributed by atoms with E-state index in [1.54, 1.807) is 19.5 Å². The molecule has 2 aliphatic rings. The number of methoxy groups -OCH3 is 1. The zero-order valence-electron chi connectivity index (χ0n) is 13.5. The van der Waals surface area contributed by atoms with E-state index >= 15 is 0 Å². The standard InChI is InChI=1S/C17H24N2O4/c1-21-12-17(20)19-9-6-16-15(19)3-2-14(23-16)11-22-10-13-4-7-18-8-5-13/h4-5,7-8,14-16H,2-3,6,9-12H2,1H3/t14-,15-,16-/m0/s1. The van der Waals surface area contributed by atoms with Gasteiger partial charge in [0.05, 0.1) is 31.5 Å². The molecule has 6 nitrogen and oxygen atoms in total. The molecule has 126 valence electrons. The number of carbonyl (C=O) groups is 1. The predicted octanol–water partition coefficient (Wildman–Crippen LogP) is 1.39. The van der Waals surface area contributed by atoms with Crippen molar-refractivity contribution in [3.63, 3.8) is 0 Å². The summed E-state index contributed by atoms with van der Waals surface area (Å²) in [5.74, 6) is 0.0657. The van der Waals surface area contributed by atoms with Crippen molar-refractivity contribution in [1.29, 1.82) is 0 Å². The summed E-state index contributed by atoms with van der Waals surface area (Å²) in [5.41, 5.74) is 1.12. The molecule has 3 rings (SSSR count). The van der Waals surface area contributed by atoms with E-state index in [2.05, 4.69) is 4.98 Å². The molecular weight excluding hydrogens is 296 g/mol. The number of likely N-dealkylation sites (tertiary alicyclic amines) is 1. The van der Waals surface area contributed by atoms with Crippen molar-refractivity contribution in [3.8, 4) is 0 Å². The number of ether oxygens (including phenoxy) is 3. The molecule has 0 N–H and O–H groups in total. The van der Waals surface area contributed by atoms with Gasteiger partial charge in [0.25, 0.3) is 0 Å². The number of nitrogens with zero attached hydrogens (tertiary/aromatic N) is 2. The highest BCUT2D eigenvalue weighted by molar-refractivity contribution is 5.78. The minimum Gasteiger partial charge on any atom is -0.375 e. The fraction of sp³-hybridized carbons (Fsp3) is 0.647. The SMILES string of the molecule is COCC(=O)N1CC[C@@H]2O[C@H](COCc3ccncc3)CC[C@@H]21. The van der Waals surface area contributed by atoms with Crippen LogP contribution in [0.4, 0.5) is 0 Å². The second kappa shape index (κ2) is 7.86. The van der Waals surface area contributed by atoms with E-state index in [0.717, 1.165) is 31.4 Å². The van der Waals surface area contributed by atoms with Crippen LogP contribution in [0.5, 0.6) is 0 Å². The molecule has 2 fully saturated rings. The number of fused-ring (bicyclic) bond motifs is 1. The Morgan fingerprint density at radius 2 is 2.17 bits per heavy atom. The Balaban J connectivity index is 1.43. The maximum atomic E-state index is 12.0. The van der Waals surface area contributed by atoms with Crippen molar-refractivity contribution in [2.24, 2.45) is 0 Å². The highest BCUT2D eigenvalue weighted by atomic mass is 16.5. The summed E-state index contributed by atoms with van der Waals surface area (Å²) >= 11 is 0. The summed E-state index contributed by atoms with van der Waals surface area (Å²) in [5, 5.41) is 0. The molecule has 0 bridgehead atoms. The summed E-state index contributed by atoms with van der Waals surface area (Å²) in [6.07, 6.45) is 6.60. The van der Waals surface area contributed by atoms with Gasteiger partial charge in [-0.05, 0) is 37.0 Å². The van der Waals surface area contributed by atoms with Crippen LogP contribution in [0.3, 0.4) is 0 Å². The first-order valence-electron chi connectivity index (χ1n) is 8.18. The van der Waals surface area contributed by atoms with E-state index in [1.807, 2.05) is 17.0 Å². The Hall–Kier alpha value is -1.50. The zero-order valence-corrected chi connectivity index (χ0v) is 13.5. The van der Waals surface area contributed by atoms with Gasteiger partial charge in [-0.1, -0.05) is 0 Å². The molecule has 23 heavy (non-hydrogen) atoms. The first-order valence-corrected chi connectivity index (χ1v) is 8.18. The Bertz CT molecular complexity index is 511. The number of aromatic nitrogens is 1. The van der Waals surface area contributed by atoms with Gasteiger partial charge >= 0.3 is 0 Å². The second-order valence-corrected chi connectivity index (χ2v) is 6.12. The first-order chi connectivity index (χ1) is 11.3. The lowest BCUT2D eigenvalue weighted by molar-refractivity contribution is -0.142. The van der Waals surface area contributed by atoms with Crippen LogP contribution >= 0.6 is 0 Å². The molecule has 0 saturated carbocycles. The van der Waals surface area contributed by atoms with Crippen LogP contribution < -0.4 is 0 Å². The number of carbonyl (C=O) groups excluding carboxylic acids is 1. The third-order valence-electron chi connectivity index (χ3n) is 4.55. The van der Waals surface area contributed by atoms with E-state index in [0.29, 0.717) is 13.2 Å². The molecule has 1 aromatic heterocycles. The fourth-order valence-corrected chi connectivity index (χ4v) is 3.42. The van der Waals surface area contributed by atoms with Crippen LogP contribution in [-0.4, -0.2) is 60.9 Å². The lowest BCUT2D eigenvalue weighted by Gasteiger charge is -2.35. The van der Waals surface area contributed by atoms with Gasteiger partial charge in [0.2, 0.25) is 5.91 Å². The molecule has 0 aromatic carbocycles. The topological polar surface area (TPSA) is 60.9 Å². The molecular formula is C17H24N2O4. The lowest BCUT2D eigenvalue weighted by Crippen LogP contribution is -2.46. The highest BCUT2D eigenvalue weighted by Gasteiger charge is 2.41. The summed E-state index contributed by atoms with van der Waals surface area (Å²) in [6, 6.07) is 4.11. The van der Waals surface area contributed by atoms with Crippen molar-refractivity contribution in [3.05, 3.63) is 30.1 Å². The average Bonchev–Trinajstić information content (AvgIpc) is 2.99. The van der Waals surface area contributed by atoms with Crippen LogP contribution in [0.15, 0.2) is 24.5 Å². The van der Waals surface area contributed by atoms with E-state index in [4.69, 9.17) is 14.2 Å². The quantitative estimate of drug-likeness (QED) is 0.793. The van der Waals surface area contributed by atoms with E-state index in [1.165, 1.54) is 0 Å². The average molecular weight is 320 g/mol. The second-order valence-electron chi connectivity index (χ2n) is 6.12. The smallest absolute Gasteiger partial charge is 0.248 e. The minimum atomic E-state index is 0.0657. The first kappa shape index (κ1) is 16.4. The van der Waals surface area contributed by atoms with E-state index in [9.17, 15) is 4.79 Å². The number of hydrogen-bond donors (Lipinski definition) is 0. The Labute approximate surface area is 136 Å². The molecule has 0 unspecified atom stereocenters. The summed E-state index contributed by atoms with van der Waals surface area (Å²) in [7, 11) is 1.55. The van der Waals surface area contributed by atoms with Gasteiger partial charge in [0.1, 0.15) is 6.61 Å². The Kier molecular flexibility index (Phi) is 5.59. The fourth-order valence-electron chi connectivity index (χ4n) is 3.42. The molecule has 2 aliphatic heterocycles. The maximum Gasteiger partial charge on any atom is 0.248 e. The molecule has 6 heteroatoms. The van der Waals surface area contributed by atoms with Crippen molar-refractivity contribution < 1.29 is 19.0 Å². The van der Waals surface area contributed by atoms with Crippen molar-refractivity contribution in [1.82, 2.24) is 9.88 Å². The van der Waals surface area contributed by atoms with Gasteiger partial charge in [-0.15, -0.1) is 0 Å². The Morgan fingerprint density at radius 1 is 1.35 bits per heavy atom. The molecule has 3 heterocycles. The van der Waals surface area contributed by atoms with Crippen molar-refractivity contribution in [2.45, 2.75) is 44.1 Å². The van der Waals surface area contributed by atoms with Crippen LogP contribution in [0.25, 0.3) is 0 Å². The largest absolute Gasteiger partial charge is 0.375 e. The molecule has 1 amide bonds. The van der Waals surface area contributed by atoms with Gasteiger partial charge in [-0.25, -0.2) is 0 Å². The monoisotopic (exact) mass is 320 g/mol. The lowest BCUT2D eigenvalue weighted by atomic mass is 9.99. The van der Waals surface area contributed by atoms with Gasteiger partial charge in [0.15, 0.2) is 0 Å². The van der Waals surface area contributed by atoms with Crippen LogP contribution in [0, 0.1) is 0 Å². The normalized spacial score (nSPS) is 27.0. The van der Waals surface area contributed by atoms with Gasteiger partial charge in [0, 0.05) is 26.0 Å². The number of amides is 1. The van der Waals surface area contributed by atoms with Crippen LogP contribution in [0.1, 0.15) is 24.8 Å². The molecule has 1 aromatic rings. The summed E-state index contributed by atoms with van der Waals surface area (Å²) in [4.78, 5) is 17.9. The number of rotatable bonds is 6. The summed E-state index contributed by atoms with van der Waals surface area (Å²) in [6.45, 7) is 2.09. The van der Waals surface area contributed by atoms with E-state index < -0.39 is 0 Å². The molecule has 2 saturated heterocycles. The summed E-state index contributed by atoms with van der Waals surface area (Å²) < 4.78 is 16.9. The number of pyridine rings is 1.